The standard InChI is InChI=1S/C17H23BrO6Si/c1-17(2,3)25(5,6)24-15(14(19)16(20)21-4)10-7-12-13(8-11(10)18)23-9-22-12/h7-8,15H,9H2,1-6H3. The van der Waals surface area contributed by atoms with E-state index in [1.165, 1.54) is 7.11 Å². The Balaban J connectivity index is 2.49. The molecule has 1 heterocycles. The number of Topliss-reactive ketones (excluding diaryl/α,β-unsaturated/α-hetero) is 1. The van der Waals surface area contributed by atoms with Crippen LogP contribution >= 0.6 is 15.9 Å². The zero-order valence-corrected chi connectivity index (χ0v) is 17.9. The molecule has 2 rings (SSSR count). The van der Waals surface area contributed by atoms with Crippen molar-refractivity contribution in [3.05, 3.63) is 22.2 Å². The molecule has 25 heavy (non-hydrogen) atoms. The summed E-state index contributed by atoms with van der Waals surface area (Å²) in [5, 5.41) is -0.134. The van der Waals surface area contributed by atoms with Crippen molar-refractivity contribution in [2.45, 2.75) is 45.0 Å². The molecule has 0 aliphatic carbocycles. The molecule has 1 atom stereocenters. The molecule has 0 spiro atoms. The molecule has 0 saturated carbocycles. The van der Waals surface area contributed by atoms with Crippen LogP contribution in [-0.4, -0.2) is 34.0 Å². The largest absolute Gasteiger partial charge is 0.463 e. The fourth-order valence-corrected chi connectivity index (χ4v) is 3.78. The fraction of sp³-hybridized carbons (Fsp3) is 0.529. The molecule has 1 aromatic carbocycles. The maximum Gasteiger partial charge on any atom is 0.377 e. The van der Waals surface area contributed by atoms with Crippen LogP contribution in [0.4, 0.5) is 0 Å². The molecule has 1 unspecified atom stereocenters. The zero-order chi connectivity index (χ0) is 19.0. The van der Waals surface area contributed by atoms with Gasteiger partial charge in [0.25, 0.3) is 5.78 Å². The van der Waals surface area contributed by atoms with Crippen LogP contribution < -0.4 is 9.47 Å². The topological polar surface area (TPSA) is 71.1 Å². The Kier molecular flexibility index (Phi) is 5.65. The van der Waals surface area contributed by atoms with Crippen LogP contribution in [-0.2, 0) is 18.8 Å². The molecule has 8 heteroatoms. The Labute approximate surface area is 157 Å². The molecule has 1 aromatic rings. The number of ether oxygens (including phenoxy) is 3. The lowest BCUT2D eigenvalue weighted by atomic mass is 10.1. The van der Waals surface area contributed by atoms with E-state index in [0.29, 0.717) is 21.5 Å². The lowest BCUT2D eigenvalue weighted by Gasteiger charge is -2.38. The highest BCUT2D eigenvalue weighted by atomic mass is 79.9. The molecular weight excluding hydrogens is 408 g/mol. The van der Waals surface area contributed by atoms with Gasteiger partial charge in [0.15, 0.2) is 19.8 Å². The van der Waals surface area contributed by atoms with Crippen molar-refractivity contribution < 1.29 is 28.2 Å². The number of methoxy groups -OCH3 is 1. The summed E-state index contributed by atoms with van der Waals surface area (Å²) >= 11 is 3.44. The minimum atomic E-state index is -2.34. The van der Waals surface area contributed by atoms with E-state index in [1.807, 2.05) is 13.1 Å². The molecule has 0 radical (unpaired) electrons. The van der Waals surface area contributed by atoms with E-state index >= 15 is 0 Å². The maximum absolute atomic E-state index is 12.7. The van der Waals surface area contributed by atoms with Gasteiger partial charge in [-0.2, -0.15) is 0 Å². The molecule has 0 aromatic heterocycles. The van der Waals surface area contributed by atoms with E-state index in [4.69, 9.17) is 13.9 Å². The summed E-state index contributed by atoms with van der Waals surface area (Å²) in [7, 11) is -1.16. The monoisotopic (exact) mass is 430 g/mol. The Bertz CT molecular complexity index is 695. The zero-order valence-electron chi connectivity index (χ0n) is 15.3. The molecule has 0 fully saturated rings. The first-order chi connectivity index (χ1) is 11.5. The van der Waals surface area contributed by atoms with Gasteiger partial charge in [0.1, 0.15) is 6.10 Å². The smallest absolute Gasteiger partial charge is 0.377 e. The number of hydrogen-bond donors (Lipinski definition) is 0. The van der Waals surface area contributed by atoms with E-state index in [1.54, 1.807) is 12.1 Å². The van der Waals surface area contributed by atoms with Gasteiger partial charge in [-0.05, 0) is 30.3 Å². The average molecular weight is 431 g/mol. The summed E-state index contributed by atoms with van der Waals surface area (Å²) in [6.07, 6.45) is -1.07. The minimum absolute atomic E-state index is 0.115. The first-order valence-electron chi connectivity index (χ1n) is 7.87. The predicted molar refractivity (Wildman–Crippen MR) is 98.3 cm³/mol. The first-order valence-corrected chi connectivity index (χ1v) is 11.6. The number of ketones is 1. The number of hydrogen-bond acceptors (Lipinski definition) is 6. The number of carbonyl (C=O) groups is 2. The second kappa shape index (κ2) is 7.09. The Morgan fingerprint density at radius 1 is 1.20 bits per heavy atom. The number of benzene rings is 1. The Morgan fingerprint density at radius 2 is 1.76 bits per heavy atom. The number of carbonyl (C=O) groups excluding carboxylic acids is 2. The van der Waals surface area contributed by atoms with Crippen molar-refractivity contribution in [1.29, 1.82) is 0 Å². The summed E-state index contributed by atoms with van der Waals surface area (Å²) in [6, 6.07) is 3.38. The van der Waals surface area contributed by atoms with Crippen molar-refractivity contribution in [2.75, 3.05) is 13.9 Å². The van der Waals surface area contributed by atoms with Crippen LogP contribution in [0.5, 0.6) is 11.5 Å². The van der Waals surface area contributed by atoms with Gasteiger partial charge in [-0.25, -0.2) is 4.79 Å². The van der Waals surface area contributed by atoms with Crippen molar-refractivity contribution in [2.24, 2.45) is 0 Å². The number of esters is 1. The van der Waals surface area contributed by atoms with Crippen LogP contribution in [0.3, 0.4) is 0 Å². The predicted octanol–water partition coefficient (Wildman–Crippen LogP) is 3.98. The second-order valence-electron chi connectivity index (χ2n) is 7.34. The quantitative estimate of drug-likeness (QED) is 0.399. The van der Waals surface area contributed by atoms with Gasteiger partial charge in [-0.3, -0.25) is 4.79 Å². The second-order valence-corrected chi connectivity index (χ2v) is 13.0. The third-order valence-electron chi connectivity index (χ3n) is 4.62. The molecule has 0 bridgehead atoms. The molecule has 0 amide bonds. The SMILES string of the molecule is COC(=O)C(=O)C(O[Si](C)(C)C(C)(C)C)c1cc2c(cc1Br)OCO2. The van der Waals surface area contributed by atoms with Crippen LogP contribution in [0.2, 0.25) is 18.1 Å². The van der Waals surface area contributed by atoms with Crippen molar-refractivity contribution in [3.8, 4) is 11.5 Å². The fourth-order valence-electron chi connectivity index (χ4n) is 2.07. The molecule has 1 aliphatic heterocycles. The van der Waals surface area contributed by atoms with Crippen LogP contribution in [0.15, 0.2) is 16.6 Å². The molecule has 1 aliphatic rings. The van der Waals surface area contributed by atoms with Crippen molar-refractivity contribution in [1.82, 2.24) is 0 Å². The minimum Gasteiger partial charge on any atom is -0.463 e. The van der Waals surface area contributed by atoms with Crippen LogP contribution in [0.1, 0.15) is 32.4 Å². The van der Waals surface area contributed by atoms with Gasteiger partial charge >= 0.3 is 5.97 Å². The van der Waals surface area contributed by atoms with Crippen molar-refractivity contribution in [3.63, 3.8) is 0 Å². The van der Waals surface area contributed by atoms with Gasteiger partial charge in [0.2, 0.25) is 6.79 Å². The number of halogens is 1. The van der Waals surface area contributed by atoms with Crippen LogP contribution in [0.25, 0.3) is 0 Å². The number of fused-ring (bicyclic) bond motifs is 1. The van der Waals surface area contributed by atoms with E-state index in [2.05, 4.69) is 41.4 Å². The first kappa shape index (κ1) is 19.9. The van der Waals surface area contributed by atoms with Gasteiger partial charge in [0.05, 0.1) is 7.11 Å². The van der Waals surface area contributed by atoms with Gasteiger partial charge in [-0.15, -0.1) is 0 Å². The highest BCUT2D eigenvalue weighted by molar-refractivity contribution is 9.10. The maximum atomic E-state index is 12.7. The summed E-state index contributed by atoms with van der Waals surface area (Å²) < 4.78 is 22.2. The van der Waals surface area contributed by atoms with E-state index in [0.717, 1.165) is 0 Å². The third-order valence-corrected chi connectivity index (χ3v) is 9.74. The third kappa shape index (κ3) is 4.07. The number of rotatable bonds is 5. The van der Waals surface area contributed by atoms with Gasteiger partial charge in [0, 0.05) is 10.0 Å². The van der Waals surface area contributed by atoms with E-state index < -0.39 is 26.2 Å². The lowest BCUT2D eigenvalue weighted by molar-refractivity contribution is -0.155. The lowest BCUT2D eigenvalue weighted by Crippen LogP contribution is -2.44. The Hall–Kier alpha value is -1.38. The summed E-state index contributed by atoms with van der Waals surface area (Å²) in [4.78, 5) is 24.6. The molecule has 0 saturated heterocycles. The molecule has 0 N–H and O–H groups in total. The van der Waals surface area contributed by atoms with Crippen LogP contribution in [0, 0.1) is 0 Å². The van der Waals surface area contributed by atoms with E-state index in [-0.39, 0.29) is 11.8 Å². The highest BCUT2D eigenvalue weighted by Crippen LogP contribution is 2.44. The molecule has 6 nitrogen and oxygen atoms in total. The van der Waals surface area contributed by atoms with Gasteiger partial charge in [-0.1, -0.05) is 36.7 Å². The van der Waals surface area contributed by atoms with Gasteiger partial charge < -0.3 is 18.6 Å². The highest BCUT2D eigenvalue weighted by Gasteiger charge is 2.43. The molecular formula is C17H23BrO6Si. The summed E-state index contributed by atoms with van der Waals surface area (Å²) in [5.74, 6) is -0.591. The van der Waals surface area contributed by atoms with Crippen molar-refractivity contribution >= 4 is 36.0 Å². The normalized spacial score (nSPS) is 15.0. The summed E-state index contributed by atoms with van der Waals surface area (Å²) in [5.41, 5.74) is 0.518. The Morgan fingerprint density at radius 3 is 2.28 bits per heavy atom. The molecule has 138 valence electrons. The van der Waals surface area contributed by atoms with E-state index in [9.17, 15) is 9.59 Å². The average Bonchev–Trinajstić information content (AvgIpc) is 2.96. The summed E-state index contributed by atoms with van der Waals surface area (Å²) in [6.45, 7) is 10.3.